The Morgan fingerprint density at radius 2 is 2.11 bits per heavy atom. The van der Waals surface area contributed by atoms with Crippen molar-refractivity contribution in [3.05, 3.63) is 17.9 Å². The van der Waals surface area contributed by atoms with Gasteiger partial charge >= 0.3 is 5.97 Å². The summed E-state index contributed by atoms with van der Waals surface area (Å²) in [7, 11) is 0. The highest BCUT2D eigenvalue weighted by Crippen LogP contribution is 2.43. The van der Waals surface area contributed by atoms with Crippen LogP contribution in [-0.4, -0.2) is 18.4 Å². The third-order valence-electron chi connectivity index (χ3n) is 3.63. The summed E-state index contributed by atoms with van der Waals surface area (Å²) in [5.41, 5.74) is 0. The fraction of sp³-hybridized carbons (Fsp3) is 0.643. The highest BCUT2D eigenvalue weighted by Gasteiger charge is 2.43. The van der Waals surface area contributed by atoms with Crippen molar-refractivity contribution in [1.29, 1.82) is 0 Å². The summed E-state index contributed by atoms with van der Waals surface area (Å²) in [4.78, 5) is 10.8. The minimum atomic E-state index is -0.419. The molecule has 0 bridgehead atoms. The maximum Gasteiger partial charge on any atom is 0.310 e. The predicted molar refractivity (Wildman–Crippen MR) is 65.6 cm³/mol. The number of ether oxygens (including phenoxy) is 3. The largest absolute Gasteiger partial charge is 0.428 e. The fourth-order valence-electron chi connectivity index (χ4n) is 2.75. The molecule has 1 aromatic heterocycles. The van der Waals surface area contributed by atoms with Crippen molar-refractivity contribution >= 4 is 5.97 Å². The van der Waals surface area contributed by atoms with Crippen LogP contribution in [0.25, 0.3) is 0 Å². The number of hydrogen-bond acceptors (Lipinski definition) is 5. The molecule has 1 spiro atoms. The van der Waals surface area contributed by atoms with Gasteiger partial charge in [0.15, 0.2) is 5.79 Å². The van der Waals surface area contributed by atoms with Crippen LogP contribution in [0.3, 0.4) is 0 Å². The van der Waals surface area contributed by atoms with E-state index in [1.54, 1.807) is 12.1 Å². The maximum atomic E-state index is 10.8. The van der Waals surface area contributed by atoms with Gasteiger partial charge in [-0.05, 0) is 18.9 Å². The highest BCUT2D eigenvalue weighted by molar-refractivity contribution is 5.68. The van der Waals surface area contributed by atoms with E-state index >= 15 is 0 Å². The number of rotatable bonds is 2. The van der Waals surface area contributed by atoms with E-state index in [-0.39, 0.29) is 12.1 Å². The molecular weight excluding hydrogens is 248 g/mol. The molecule has 0 unspecified atom stereocenters. The molecule has 2 heterocycles. The van der Waals surface area contributed by atoms with Crippen LogP contribution in [-0.2, 0) is 14.3 Å². The molecule has 19 heavy (non-hydrogen) atoms. The molecule has 2 fully saturated rings. The lowest BCUT2D eigenvalue weighted by molar-refractivity contribution is -0.189. The van der Waals surface area contributed by atoms with E-state index in [2.05, 4.69) is 0 Å². The summed E-state index contributed by atoms with van der Waals surface area (Å²) >= 11 is 0. The Hall–Kier alpha value is -1.33. The van der Waals surface area contributed by atoms with Crippen molar-refractivity contribution in [2.24, 2.45) is 0 Å². The smallest absolute Gasteiger partial charge is 0.310 e. The van der Waals surface area contributed by atoms with Crippen LogP contribution in [0.4, 0.5) is 0 Å². The number of carbonyl (C=O) groups excluding carboxylic acids is 1. The van der Waals surface area contributed by atoms with Gasteiger partial charge in [0, 0.05) is 25.8 Å². The van der Waals surface area contributed by atoms with E-state index in [4.69, 9.17) is 18.6 Å². The average Bonchev–Trinajstić information content (AvgIpc) is 2.97. The minimum Gasteiger partial charge on any atom is -0.428 e. The SMILES string of the molecule is CC(=O)Oc1ccc([C@H]2COC3(CCCCC3)O2)o1. The summed E-state index contributed by atoms with van der Waals surface area (Å²) in [6.07, 6.45) is 5.22. The first kappa shape index (κ1) is 12.7. The van der Waals surface area contributed by atoms with Gasteiger partial charge in [0.05, 0.1) is 6.61 Å². The normalized spacial score (nSPS) is 25.6. The first-order valence-electron chi connectivity index (χ1n) is 6.77. The molecule has 1 aromatic rings. The zero-order valence-electron chi connectivity index (χ0n) is 11.0. The van der Waals surface area contributed by atoms with E-state index < -0.39 is 11.8 Å². The third-order valence-corrected chi connectivity index (χ3v) is 3.63. The third kappa shape index (κ3) is 2.67. The summed E-state index contributed by atoms with van der Waals surface area (Å²) < 4.78 is 22.2. The van der Waals surface area contributed by atoms with Crippen LogP contribution in [0, 0.1) is 0 Å². The monoisotopic (exact) mass is 266 g/mol. The van der Waals surface area contributed by atoms with Gasteiger partial charge in [0.2, 0.25) is 0 Å². The van der Waals surface area contributed by atoms with E-state index in [1.165, 1.54) is 13.3 Å². The molecule has 5 heteroatoms. The van der Waals surface area contributed by atoms with Crippen LogP contribution >= 0.6 is 0 Å². The zero-order valence-corrected chi connectivity index (χ0v) is 11.0. The van der Waals surface area contributed by atoms with Gasteiger partial charge in [-0.25, -0.2) is 0 Å². The lowest BCUT2D eigenvalue weighted by Gasteiger charge is -2.31. The molecule has 0 aromatic carbocycles. The molecule has 1 atom stereocenters. The van der Waals surface area contributed by atoms with Crippen molar-refractivity contribution in [3.8, 4) is 5.95 Å². The number of carbonyl (C=O) groups is 1. The Morgan fingerprint density at radius 3 is 2.84 bits per heavy atom. The van der Waals surface area contributed by atoms with Gasteiger partial charge < -0.3 is 18.6 Å². The molecule has 0 N–H and O–H groups in total. The first-order valence-corrected chi connectivity index (χ1v) is 6.77. The predicted octanol–water partition coefficient (Wildman–Crippen LogP) is 2.95. The second-order valence-corrected chi connectivity index (χ2v) is 5.14. The molecule has 1 saturated carbocycles. The van der Waals surface area contributed by atoms with Gasteiger partial charge in [-0.15, -0.1) is 0 Å². The van der Waals surface area contributed by atoms with E-state index in [1.807, 2.05) is 0 Å². The molecule has 1 aliphatic carbocycles. The Labute approximate surface area is 111 Å². The highest BCUT2D eigenvalue weighted by atomic mass is 16.7. The standard InChI is InChI=1S/C14H18O5/c1-10(15)17-13-6-5-11(18-13)12-9-16-14(19-12)7-3-2-4-8-14/h5-6,12H,2-4,7-9H2,1H3/t12-/m1/s1. The molecule has 5 nitrogen and oxygen atoms in total. The molecule has 0 radical (unpaired) electrons. The summed E-state index contributed by atoms with van der Waals surface area (Å²) in [6, 6.07) is 3.40. The molecule has 104 valence electrons. The van der Waals surface area contributed by atoms with Gasteiger partial charge in [0.25, 0.3) is 5.95 Å². The fourth-order valence-corrected chi connectivity index (χ4v) is 2.75. The summed E-state index contributed by atoms with van der Waals surface area (Å²) in [5, 5.41) is 0. The second-order valence-electron chi connectivity index (χ2n) is 5.14. The van der Waals surface area contributed by atoms with Crippen LogP contribution in [0.1, 0.15) is 50.9 Å². The lowest BCUT2D eigenvalue weighted by Crippen LogP contribution is -2.32. The van der Waals surface area contributed by atoms with Gasteiger partial charge in [-0.3, -0.25) is 4.79 Å². The average molecular weight is 266 g/mol. The van der Waals surface area contributed by atoms with Gasteiger partial charge in [0.1, 0.15) is 11.9 Å². The van der Waals surface area contributed by atoms with Crippen LogP contribution in [0.2, 0.25) is 0 Å². The van der Waals surface area contributed by atoms with Crippen LogP contribution in [0.5, 0.6) is 5.95 Å². The van der Waals surface area contributed by atoms with Crippen molar-refractivity contribution in [2.45, 2.75) is 50.9 Å². The Morgan fingerprint density at radius 1 is 1.32 bits per heavy atom. The van der Waals surface area contributed by atoms with Gasteiger partial charge in [-0.2, -0.15) is 0 Å². The van der Waals surface area contributed by atoms with Crippen molar-refractivity contribution in [3.63, 3.8) is 0 Å². The van der Waals surface area contributed by atoms with Crippen molar-refractivity contribution in [1.82, 2.24) is 0 Å². The molecule has 2 aliphatic rings. The van der Waals surface area contributed by atoms with E-state index in [0.717, 1.165) is 25.7 Å². The van der Waals surface area contributed by atoms with Gasteiger partial charge in [-0.1, -0.05) is 6.42 Å². The number of esters is 1. The number of furan rings is 1. The Kier molecular flexibility index (Phi) is 3.33. The molecule has 1 saturated heterocycles. The van der Waals surface area contributed by atoms with Crippen LogP contribution < -0.4 is 4.74 Å². The number of hydrogen-bond donors (Lipinski definition) is 0. The molecule has 1 aliphatic heterocycles. The Balaban J connectivity index is 1.67. The summed E-state index contributed by atoms with van der Waals surface area (Å²) in [6.45, 7) is 1.83. The minimum absolute atomic E-state index is 0.204. The van der Waals surface area contributed by atoms with E-state index in [0.29, 0.717) is 12.4 Å². The maximum absolute atomic E-state index is 10.8. The summed E-state index contributed by atoms with van der Waals surface area (Å²) in [5.74, 6) is 0.0414. The topological polar surface area (TPSA) is 57.9 Å². The Bertz CT molecular complexity index is 458. The molecule has 3 rings (SSSR count). The molecular formula is C14H18O5. The quantitative estimate of drug-likeness (QED) is 0.770. The lowest BCUT2D eigenvalue weighted by atomic mass is 9.94. The van der Waals surface area contributed by atoms with Crippen molar-refractivity contribution in [2.75, 3.05) is 6.61 Å². The second kappa shape index (κ2) is 4.98. The molecule has 0 amide bonds. The first-order chi connectivity index (χ1) is 9.17. The van der Waals surface area contributed by atoms with Crippen molar-refractivity contribution < 1.29 is 23.4 Å². The van der Waals surface area contributed by atoms with E-state index in [9.17, 15) is 4.79 Å². The van der Waals surface area contributed by atoms with Crippen LogP contribution in [0.15, 0.2) is 16.5 Å². The zero-order chi connectivity index (χ0) is 13.3.